The van der Waals surface area contributed by atoms with Gasteiger partial charge >= 0.3 is 5.97 Å². The van der Waals surface area contributed by atoms with Crippen LogP contribution in [0.25, 0.3) is 0 Å². The van der Waals surface area contributed by atoms with Crippen LogP contribution in [0.1, 0.15) is 11.3 Å². The highest BCUT2D eigenvalue weighted by Crippen LogP contribution is 2.36. The van der Waals surface area contributed by atoms with E-state index in [0.29, 0.717) is 30.9 Å². The van der Waals surface area contributed by atoms with E-state index in [1.54, 1.807) is 18.6 Å². The lowest BCUT2D eigenvalue weighted by atomic mass is 10.1. The maximum Gasteiger partial charge on any atom is 0.309 e. The number of aromatic amines is 1. The number of rotatable bonds is 4. The number of fused-ring (bicyclic) bond motifs is 1. The number of hydrogen-bond donors (Lipinski definition) is 1. The Labute approximate surface area is 126 Å². The summed E-state index contributed by atoms with van der Waals surface area (Å²) in [7, 11) is 1.31. The molecule has 0 atom stereocenters. The van der Waals surface area contributed by atoms with Crippen LogP contribution in [0.3, 0.4) is 0 Å². The summed E-state index contributed by atoms with van der Waals surface area (Å²) in [5, 5.41) is 0. The van der Waals surface area contributed by atoms with Crippen molar-refractivity contribution >= 4 is 11.7 Å². The minimum atomic E-state index is -0.467. The van der Waals surface area contributed by atoms with E-state index in [4.69, 9.17) is 4.74 Å². The van der Waals surface area contributed by atoms with Gasteiger partial charge in [0.05, 0.1) is 44.3 Å². The minimum Gasteiger partial charge on any atom is -0.486 e. The van der Waals surface area contributed by atoms with Crippen molar-refractivity contribution in [2.45, 2.75) is 13.0 Å². The van der Waals surface area contributed by atoms with Crippen LogP contribution in [0.4, 0.5) is 10.1 Å². The molecule has 22 heavy (non-hydrogen) atoms. The Balaban J connectivity index is 1.91. The lowest BCUT2D eigenvalue weighted by Gasteiger charge is -2.31. The number of nitrogens with one attached hydrogen (secondary N) is 1. The average molecular weight is 305 g/mol. The normalized spacial score (nSPS) is 13.5. The van der Waals surface area contributed by atoms with Crippen molar-refractivity contribution in [3.05, 3.63) is 41.7 Å². The molecule has 0 amide bonds. The lowest BCUT2D eigenvalue weighted by molar-refractivity contribution is -0.139. The zero-order valence-electron chi connectivity index (χ0n) is 12.1. The second kappa shape index (κ2) is 6.05. The SMILES string of the molecule is COC(=O)Cc1cc(F)c2c(c1)N(Cc1cnc[nH]1)CCO2. The van der Waals surface area contributed by atoms with Crippen LogP contribution in [0.15, 0.2) is 24.7 Å². The highest BCUT2D eigenvalue weighted by atomic mass is 19.1. The summed E-state index contributed by atoms with van der Waals surface area (Å²) < 4.78 is 24.3. The molecule has 116 valence electrons. The molecule has 2 aromatic rings. The zero-order valence-corrected chi connectivity index (χ0v) is 12.1. The molecule has 0 saturated carbocycles. The first-order chi connectivity index (χ1) is 10.7. The smallest absolute Gasteiger partial charge is 0.309 e. The Morgan fingerprint density at radius 2 is 2.41 bits per heavy atom. The largest absolute Gasteiger partial charge is 0.486 e. The van der Waals surface area contributed by atoms with Gasteiger partial charge in [-0.2, -0.15) is 0 Å². The Morgan fingerprint density at radius 1 is 1.55 bits per heavy atom. The van der Waals surface area contributed by atoms with Crippen molar-refractivity contribution in [3.8, 4) is 5.75 Å². The fourth-order valence-electron chi connectivity index (χ4n) is 2.47. The van der Waals surface area contributed by atoms with Gasteiger partial charge in [-0.3, -0.25) is 4.79 Å². The van der Waals surface area contributed by atoms with E-state index in [1.165, 1.54) is 13.2 Å². The molecule has 6 nitrogen and oxygen atoms in total. The van der Waals surface area contributed by atoms with Gasteiger partial charge in [-0.15, -0.1) is 0 Å². The van der Waals surface area contributed by atoms with Gasteiger partial charge in [0.1, 0.15) is 6.61 Å². The van der Waals surface area contributed by atoms with E-state index in [-0.39, 0.29) is 12.2 Å². The third kappa shape index (κ3) is 2.88. The summed E-state index contributed by atoms with van der Waals surface area (Å²) in [5.41, 5.74) is 2.12. The predicted molar refractivity (Wildman–Crippen MR) is 77.3 cm³/mol. The fraction of sp³-hybridized carbons (Fsp3) is 0.333. The molecular formula is C15H16FN3O3. The van der Waals surface area contributed by atoms with Crippen molar-refractivity contribution in [1.82, 2.24) is 9.97 Å². The van der Waals surface area contributed by atoms with Gasteiger partial charge in [-0.25, -0.2) is 9.37 Å². The average Bonchev–Trinajstić information content (AvgIpc) is 3.01. The zero-order chi connectivity index (χ0) is 15.5. The number of methoxy groups -OCH3 is 1. The molecule has 0 radical (unpaired) electrons. The number of anilines is 1. The van der Waals surface area contributed by atoms with Crippen LogP contribution < -0.4 is 9.64 Å². The molecule has 3 rings (SSSR count). The molecule has 1 aliphatic heterocycles. The van der Waals surface area contributed by atoms with Crippen molar-refractivity contribution in [2.24, 2.45) is 0 Å². The molecule has 1 aromatic carbocycles. The summed E-state index contributed by atoms with van der Waals surface area (Å²) >= 11 is 0. The molecular weight excluding hydrogens is 289 g/mol. The molecule has 1 aromatic heterocycles. The van der Waals surface area contributed by atoms with Crippen LogP contribution in [-0.2, 0) is 22.5 Å². The predicted octanol–water partition coefficient (Wildman–Crippen LogP) is 1.66. The van der Waals surface area contributed by atoms with Crippen LogP contribution in [0.2, 0.25) is 0 Å². The van der Waals surface area contributed by atoms with Crippen LogP contribution in [-0.4, -0.2) is 36.2 Å². The van der Waals surface area contributed by atoms with E-state index in [9.17, 15) is 9.18 Å². The van der Waals surface area contributed by atoms with Crippen molar-refractivity contribution < 1.29 is 18.7 Å². The Hall–Kier alpha value is -2.57. The van der Waals surface area contributed by atoms with Gasteiger partial charge in [-0.05, 0) is 17.7 Å². The number of H-pyrrole nitrogens is 1. The van der Waals surface area contributed by atoms with Crippen molar-refractivity contribution in [1.29, 1.82) is 0 Å². The van der Waals surface area contributed by atoms with Gasteiger partial charge in [0.25, 0.3) is 0 Å². The summed E-state index contributed by atoms with van der Waals surface area (Å²) in [6, 6.07) is 3.08. The molecule has 0 spiro atoms. The van der Waals surface area contributed by atoms with Gasteiger partial charge in [0.2, 0.25) is 0 Å². The number of ether oxygens (including phenoxy) is 2. The van der Waals surface area contributed by atoms with Crippen molar-refractivity contribution in [3.63, 3.8) is 0 Å². The first-order valence-corrected chi connectivity index (χ1v) is 6.91. The maximum atomic E-state index is 14.2. The quantitative estimate of drug-likeness (QED) is 0.870. The molecule has 2 heterocycles. The standard InChI is InChI=1S/C15H16FN3O3/c1-21-14(20)6-10-4-12(16)15-13(5-10)19(2-3-22-15)8-11-7-17-9-18-11/h4-5,7,9H,2-3,6,8H2,1H3,(H,17,18). The number of esters is 1. The second-order valence-corrected chi connectivity index (χ2v) is 5.03. The summed E-state index contributed by atoms with van der Waals surface area (Å²) in [6.45, 7) is 1.61. The summed E-state index contributed by atoms with van der Waals surface area (Å²) in [5.74, 6) is -0.652. The van der Waals surface area contributed by atoms with Crippen LogP contribution in [0, 0.1) is 5.82 Å². The molecule has 0 aliphatic carbocycles. The molecule has 0 saturated heterocycles. The van der Waals surface area contributed by atoms with E-state index < -0.39 is 11.8 Å². The van der Waals surface area contributed by atoms with Gasteiger partial charge < -0.3 is 19.4 Å². The minimum absolute atomic E-state index is 0.0264. The van der Waals surface area contributed by atoms with Gasteiger partial charge in [-0.1, -0.05) is 0 Å². The summed E-state index contributed by atoms with van der Waals surface area (Å²) in [4.78, 5) is 20.4. The molecule has 1 N–H and O–H groups in total. The molecule has 0 fully saturated rings. The third-order valence-corrected chi connectivity index (χ3v) is 3.52. The summed E-state index contributed by atoms with van der Waals surface area (Å²) in [6.07, 6.45) is 3.35. The monoisotopic (exact) mass is 305 g/mol. The first-order valence-electron chi connectivity index (χ1n) is 6.91. The number of carbonyl (C=O) groups is 1. The molecule has 0 bridgehead atoms. The number of imidazole rings is 1. The molecule has 7 heteroatoms. The number of aromatic nitrogens is 2. The van der Waals surface area contributed by atoms with Gasteiger partial charge in [0.15, 0.2) is 11.6 Å². The molecule has 1 aliphatic rings. The second-order valence-electron chi connectivity index (χ2n) is 5.03. The fourth-order valence-corrected chi connectivity index (χ4v) is 2.47. The van der Waals surface area contributed by atoms with Crippen molar-refractivity contribution in [2.75, 3.05) is 25.2 Å². The number of nitrogens with zero attached hydrogens (tertiary/aromatic N) is 2. The van der Waals surface area contributed by atoms with E-state index in [1.807, 2.05) is 4.90 Å². The Kier molecular flexibility index (Phi) is 3.95. The number of halogens is 1. The first kappa shape index (κ1) is 14.4. The van der Waals surface area contributed by atoms with E-state index in [2.05, 4.69) is 14.7 Å². The highest BCUT2D eigenvalue weighted by Gasteiger charge is 2.23. The van der Waals surface area contributed by atoms with Crippen LogP contribution >= 0.6 is 0 Å². The van der Waals surface area contributed by atoms with Crippen LogP contribution in [0.5, 0.6) is 5.75 Å². The Morgan fingerprint density at radius 3 is 3.14 bits per heavy atom. The van der Waals surface area contributed by atoms with Gasteiger partial charge in [0, 0.05) is 6.20 Å². The number of hydrogen-bond acceptors (Lipinski definition) is 5. The third-order valence-electron chi connectivity index (χ3n) is 3.52. The maximum absolute atomic E-state index is 14.2. The topological polar surface area (TPSA) is 67.5 Å². The lowest BCUT2D eigenvalue weighted by Crippen LogP contribution is -2.33. The van der Waals surface area contributed by atoms with E-state index >= 15 is 0 Å². The number of benzene rings is 1. The highest BCUT2D eigenvalue weighted by molar-refractivity contribution is 5.74. The molecule has 0 unspecified atom stereocenters. The Bertz CT molecular complexity index is 673. The van der Waals surface area contributed by atoms with E-state index in [0.717, 1.165) is 5.69 Å². The number of carbonyl (C=O) groups excluding carboxylic acids is 1.